The van der Waals surface area contributed by atoms with Gasteiger partial charge in [-0.3, -0.25) is 9.78 Å². The molecule has 2 aromatic heterocycles. The van der Waals surface area contributed by atoms with Crippen molar-refractivity contribution in [3.05, 3.63) is 47.1 Å². The molecule has 134 valence electrons. The first-order chi connectivity index (χ1) is 12.7. The summed E-state index contributed by atoms with van der Waals surface area (Å²) in [5.74, 6) is -0.505. The summed E-state index contributed by atoms with van der Waals surface area (Å²) in [4.78, 5) is 30.8. The fourth-order valence-electron chi connectivity index (χ4n) is 3.35. The number of aromatic nitrogens is 3. The quantitative estimate of drug-likeness (QED) is 0.723. The number of nitrogens with zero attached hydrogens (tertiary/aromatic N) is 4. The molecule has 3 heterocycles. The summed E-state index contributed by atoms with van der Waals surface area (Å²) in [6, 6.07) is 9.28. The van der Waals surface area contributed by atoms with Crippen molar-refractivity contribution in [1.29, 1.82) is 0 Å². The molecular formula is C19H20N4O3. The van der Waals surface area contributed by atoms with E-state index in [9.17, 15) is 9.59 Å². The van der Waals surface area contributed by atoms with Gasteiger partial charge in [-0.25, -0.2) is 4.79 Å². The molecule has 1 amide bonds. The van der Waals surface area contributed by atoms with E-state index in [1.807, 2.05) is 35.2 Å². The Bertz CT molecular complexity index is 978. The van der Waals surface area contributed by atoms with Gasteiger partial charge in [0.2, 0.25) is 11.8 Å². The number of pyridine rings is 1. The van der Waals surface area contributed by atoms with Gasteiger partial charge in [-0.15, -0.1) is 5.10 Å². The molecule has 0 aliphatic carbocycles. The zero-order chi connectivity index (χ0) is 17.9. The second kappa shape index (κ2) is 7.11. The third-order valence-electron chi connectivity index (χ3n) is 4.73. The maximum atomic E-state index is 12.5. The van der Waals surface area contributed by atoms with Crippen LogP contribution >= 0.6 is 0 Å². The maximum Gasteiger partial charge on any atom is 0.437 e. The van der Waals surface area contributed by atoms with Crippen molar-refractivity contribution in [2.75, 3.05) is 13.1 Å². The predicted molar refractivity (Wildman–Crippen MR) is 96.5 cm³/mol. The summed E-state index contributed by atoms with van der Waals surface area (Å²) < 4.78 is 6.43. The normalized spacial score (nSPS) is 15.2. The molecule has 1 aliphatic rings. The van der Waals surface area contributed by atoms with Crippen LogP contribution in [0.3, 0.4) is 0 Å². The van der Waals surface area contributed by atoms with Crippen LogP contribution in [0.4, 0.5) is 0 Å². The molecule has 0 atom stereocenters. The third-order valence-corrected chi connectivity index (χ3v) is 4.73. The lowest BCUT2D eigenvalue weighted by Gasteiger charge is -2.19. The number of likely N-dealkylation sites (tertiary alicyclic amines) is 1. The van der Waals surface area contributed by atoms with Gasteiger partial charge in [0.15, 0.2) is 0 Å². The second-order valence-electron chi connectivity index (χ2n) is 6.50. The molecule has 1 fully saturated rings. The molecule has 0 bridgehead atoms. The molecule has 1 aromatic carbocycles. The van der Waals surface area contributed by atoms with Crippen LogP contribution in [0.1, 0.15) is 25.7 Å². The van der Waals surface area contributed by atoms with Gasteiger partial charge in [0.25, 0.3) is 0 Å². The molecule has 7 heteroatoms. The topological polar surface area (TPSA) is 81.2 Å². The molecule has 0 spiro atoms. The first-order valence-corrected chi connectivity index (χ1v) is 8.92. The molecule has 3 aromatic rings. The zero-order valence-electron chi connectivity index (χ0n) is 14.4. The number of benzene rings is 1. The zero-order valence-corrected chi connectivity index (χ0v) is 14.4. The van der Waals surface area contributed by atoms with E-state index in [0.29, 0.717) is 5.56 Å². The predicted octanol–water partition coefficient (Wildman–Crippen LogP) is 2.45. The standard InChI is InChI=1S/C19H20N4O3/c24-17(22-11-3-1-2-4-12-22)13-23-19(25)26-18(21-23)15-7-5-9-16-14(15)8-6-10-20-16/h5-10H,1-4,11-13H2. The molecule has 0 unspecified atom stereocenters. The Morgan fingerprint density at radius 2 is 1.88 bits per heavy atom. The van der Waals surface area contributed by atoms with Gasteiger partial charge in [-0.1, -0.05) is 25.0 Å². The molecule has 7 nitrogen and oxygen atoms in total. The van der Waals surface area contributed by atoms with Crippen LogP contribution in [-0.4, -0.2) is 38.7 Å². The Morgan fingerprint density at radius 3 is 2.69 bits per heavy atom. The minimum Gasteiger partial charge on any atom is -0.388 e. The van der Waals surface area contributed by atoms with Crippen LogP contribution in [0.25, 0.3) is 22.4 Å². The highest BCUT2D eigenvalue weighted by atomic mass is 16.4. The summed E-state index contributed by atoms with van der Waals surface area (Å²) in [5.41, 5.74) is 1.48. The fraction of sp³-hybridized carbons (Fsp3) is 0.368. The van der Waals surface area contributed by atoms with Crippen molar-refractivity contribution in [3.8, 4) is 11.5 Å². The number of carbonyl (C=O) groups is 1. The molecule has 0 radical (unpaired) electrons. The Balaban J connectivity index is 1.61. The molecule has 0 saturated carbocycles. The van der Waals surface area contributed by atoms with Crippen molar-refractivity contribution in [2.45, 2.75) is 32.2 Å². The van der Waals surface area contributed by atoms with Gasteiger partial charge in [-0.2, -0.15) is 4.68 Å². The van der Waals surface area contributed by atoms with Crippen molar-refractivity contribution in [3.63, 3.8) is 0 Å². The monoisotopic (exact) mass is 352 g/mol. The number of amides is 1. The van der Waals surface area contributed by atoms with Gasteiger partial charge in [0.1, 0.15) is 6.54 Å². The highest BCUT2D eigenvalue weighted by molar-refractivity contribution is 5.92. The molecule has 1 saturated heterocycles. The van der Waals surface area contributed by atoms with Crippen LogP contribution < -0.4 is 5.76 Å². The highest BCUT2D eigenvalue weighted by Gasteiger charge is 2.19. The van der Waals surface area contributed by atoms with Gasteiger partial charge in [0, 0.05) is 30.2 Å². The first kappa shape index (κ1) is 16.5. The van der Waals surface area contributed by atoms with Crippen LogP contribution in [0, 0.1) is 0 Å². The van der Waals surface area contributed by atoms with Gasteiger partial charge in [0.05, 0.1) is 5.52 Å². The van der Waals surface area contributed by atoms with Gasteiger partial charge in [-0.05, 0) is 31.0 Å². The smallest absolute Gasteiger partial charge is 0.388 e. The summed E-state index contributed by atoms with van der Waals surface area (Å²) in [7, 11) is 0. The summed E-state index contributed by atoms with van der Waals surface area (Å²) >= 11 is 0. The number of hydrogen-bond acceptors (Lipinski definition) is 5. The molecule has 1 aliphatic heterocycles. The summed E-state index contributed by atoms with van der Waals surface area (Å²) in [5, 5.41) is 5.10. The van der Waals surface area contributed by atoms with E-state index in [1.165, 1.54) is 0 Å². The Kier molecular flexibility index (Phi) is 4.51. The number of fused-ring (bicyclic) bond motifs is 1. The highest BCUT2D eigenvalue weighted by Crippen LogP contribution is 2.25. The van der Waals surface area contributed by atoms with E-state index in [0.717, 1.165) is 54.4 Å². The number of rotatable bonds is 3. The van der Waals surface area contributed by atoms with E-state index in [-0.39, 0.29) is 18.3 Å². The van der Waals surface area contributed by atoms with Crippen LogP contribution in [0.15, 0.2) is 45.7 Å². The molecule has 4 rings (SSSR count). The lowest BCUT2D eigenvalue weighted by Crippen LogP contribution is -2.36. The van der Waals surface area contributed by atoms with E-state index in [4.69, 9.17) is 4.42 Å². The first-order valence-electron chi connectivity index (χ1n) is 8.92. The largest absolute Gasteiger partial charge is 0.437 e. The van der Waals surface area contributed by atoms with Crippen LogP contribution in [0.5, 0.6) is 0 Å². The SMILES string of the molecule is O=C(Cn1nc(-c2cccc3ncccc23)oc1=O)N1CCCCCC1. The van der Waals surface area contributed by atoms with E-state index in [2.05, 4.69) is 10.1 Å². The third kappa shape index (κ3) is 3.24. The molecular weight excluding hydrogens is 332 g/mol. The van der Waals surface area contributed by atoms with Crippen LogP contribution in [0.2, 0.25) is 0 Å². The summed E-state index contributed by atoms with van der Waals surface area (Å²) in [6.07, 6.45) is 6.02. The summed E-state index contributed by atoms with van der Waals surface area (Å²) in [6.45, 7) is 1.39. The van der Waals surface area contributed by atoms with Crippen molar-refractivity contribution in [2.24, 2.45) is 0 Å². The average Bonchev–Trinajstić information content (AvgIpc) is 2.87. The average molecular weight is 352 g/mol. The number of carbonyl (C=O) groups excluding carboxylic acids is 1. The second-order valence-corrected chi connectivity index (χ2v) is 6.50. The van der Waals surface area contributed by atoms with Crippen molar-refractivity contribution >= 4 is 16.8 Å². The van der Waals surface area contributed by atoms with E-state index >= 15 is 0 Å². The van der Waals surface area contributed by atoms with E-state index < -0.39 is 5.76 Å². The fourth-order valence-corrected chi connectivity index (χ4v) is 3.35. The lowest BCUT2D eigenvalue weighted by atomic mass is 10.1. The Morgan fingerprint density at radius 1 is 1.08 bits per heavy atom. The minimum atomic E-state index is -0.621. The Hall–Kier alpha value is -2.96. The van der Waals surface area contributed by atoms with E-state index in [1.54, 1.807) is 6.20 Å². The molecule has 26 heavy (non-hydrogen) atoms. The van der Waals surface area contributed by atoms with Gasteiger partial charge < -0.3 is 9.32 Å². The van der Waals surface area contributed by atoms with Gasteiger partial charge >= 0.3 is 5.76 Å². The van der Waals surface area contributed by atoms with Crippen molar-refractivity contribution < 1.29 is 9.21 Å². The van der Waals surface area contributed by atoms with Crippen molar-refractivity contribution in [1.82, 2.24) is 19.7 Å². The lowest BCUT2D eigenvalue weighted by molar-refractivity contribution is -0.132. The minimum absolute atomic E-state index is 0.0894. The Labute approximate surface area is 150 Å². The maximum absolute atomic E-state index is 12.5. The van der Waals surface area contributed by atoms with Crippen LogP contribution in [-0.2, 0) is 11.3 Å². The molecule has 0 N–H and O–H groups in total. The number of hydrogen-bond donors (Lipinski definition) is 0.